The molecule has 2 amide bonds. The van der Waals surface area contributed by atoms with Crippen LogP contribution in [0.5, 0.6) is 0 Å². The second kappa shape index (κ2) is 12.6. The van der Waals surface area contributed by atoms with Crippen LogP contribution in [0.3, 0.4) is 0 Å². The van der Waals surface area contributed by atoms with Gasteiger partial charge in [0, 0.05) is 30.4 Å². The molecule has 14 heteroatoms. The summed E-state index contributed by atoms with van der Waals surface area (Å²) in [6, 6.07) is 20.2. The first-order chi connectivity index (χ1) is 21.8. The number of nitrogens with one attached hydrogen (secondary N) is 2. The number of halogens is 4. The van der Waals surface area contributed by atoms with E-state index in [4.69, 9.17) is 0 Å². The van der Waals surface area contributed by atoms with Crippen LogP contribution < -0.4 is 14.9 Å². The highest BCUT2D eigenvalue weighted by molar-refractivity contribution is 7.92. The van der Waals surface area contributed by atoms with E-state index in [9.17, 15) is 35.6 Å². The number of carbonyl (C=O) groups is 2. The highest BCUT2D eigenvalue weighted by atomic mass is 32.2. The molecule has 0 radical (unpaired) electrons. The SMILES string of the molecule is CCCn1c(NC(=O)c2ccc(F)c(NS(=O)(=O)c3ccccc3C(F)(F)F)c2)nc2cc(N(C)C(=O)c3ccccc3)ccc21. The number of aromatic nitrogens is 2. The van der Waals surface area contributed by atoms with E-state index in [-0.39, 0.29) is 17.4 Å². The standard InChI is InChI=1S/C32H27F4N5O4S/c1-3-17-41-27-16-14-22(40(2)30(43)20-9-5-4-6-10-20)19-26(27)37-31(41)38-29(42)21-13-15-24(33)25(18-21)39-46(44,45)28-12-8-7-11-23(28)32(34,35)36/h4-16,18-19,39H,3,17H2,1-2H3,(H,37,38,42). The quantitative estimate of drug-likeness (QED) is 0.168. The van der Waals surface area contributed by atoms with Gasteiger partial charge in [0.25, 0.3) is 21.8 Å². The summed E-state index contributed by atoms with van der Waals surface area (Å²) >= 11 is 0. The number of nitrogens with zero attached hydrogens (tertiary/aromatic N) is 3. The molecule has 0 fully saturated rings. The Labute approximate surface area is 261 Å². The lowest BCUT2D eigenvalue weighted by molar-refractivity contribution is -0.139. The Hall–Kier alpha value is -5.24. The van der Waals surface area contributed by atoms with E-state index in [0.29, 0.717) is 41.3 Å². The highest BCUT2D eigenvalue weighted by Gasteiger charge is 2.37. The number of aryl methyl sites for hydroxylation is 1. The van der Waals surface area contributed by atoms with Gasteiger partial charge in [0.15, 0.2) is 0 Å². The average molecular weight is 654 g/mol. The maximum Gasteiger partial charge on any atom is 0.417 e. The first-order valence-electron chi connectivity index (χ1n) is 13.9. The number of amides is 2. The van der Waals surface area contributed by atoms with Gasteiger partial charge in [0.2, 0.25) is 5.95 Å². The molecule has 5 aromatic rings. The van der Waals surface area contributed by atoms with Gasteiger partial charge in [-0.25, -0.2) is 17.8 Å². The number of fused-ring (bicyclic) bond motifs is 1. The van der Waals surface area contributed by atoms with E-state index < -0.39 is 44.1 Å². The molecule has 1 heterocycles. The van der Waals surface area contributed by atoms with E-state index in [1.807, 2.05) is 17.7 Å². The molecule has 0 spiro atoms. The Bertz CT molecular complexity index is 2050. The number of carbonyl (C=O) groups excluding carboxylic acids is 2. The first-order valence-corrected chi connectivity index (χ1v) is 15.4. The van der Waals surface area contributed by atoms with E-state index >= 15 is 0 Å². The van der Waals surface area contributed by atoms with Crippen LogP contribution >= 0.6 is 0 Å². The zero-order valence-electron chi connectivity index (χ0n) is 24.5. The number of anilines is 3. The van der Waals surface area contributed by atoms with Crippen LogP contribution in [-0.2, 0) is 22.7 Å². The van der Waals surface area contributed by atoms with Gasteiger partial charge in [-0.15, -0.1) is 0 Å². The minimum absolute atomic E-state index is 0.140. The molecule has 0 saturated heterocycles. The number of imidazole rings is 1. The zero-order chi connectivity index (χ0) is 33.2. The maximum absolute atomic E-state index is 14.7. The molecule has 2 N–H and O–H groups in total. The van der Waals surface area contributed by atoms with Crippen molar-refractivity contribution in [3.63, 3.8) is 0 Å². The summed E-state index contributed by atoms with van der Waals surface area (Å²) in [6.45, 7) is 2.38. The van der Waals surface area contributed by atoms with Crippen molar-refractivity contribution in [3.05, 3.63) is 114 Å². The minimum atomic E-state index is -4.98. The predicted octanol–water partition coefficient (Wildman–Crippen LogP) is 6.93. The molecule has 9 nitrogen and oxygen atoms in total. The van der Waals surface area contributed by atoms with Crippen LogP contribution in [-0.4, -0.2) is 36.8 Å². The summed E-state index contributed by atoms with van der Waals surface area (Å²) in [7, 11) is -3.27. The summed E-state index contributed by atoms with van der Waals surface area (Å²) in [6.07, 6.45) is -4.31. The zero-order valence-corrected chi connectivity index (χ0v) is 25.3. The van der Waals surface area contributed by atoms with Gasteiger partial charge in [0.1, 0.15) is 5.82 Å². The van der Waals surface area contributed by atoms with Crippen LogP contribution in [0.1, 0.15) is 39.6 Å². The van der Waals surface area contributed by atoms with Crippen LogP contribution in [0.4, 0.5) is 34.9 Å². The number of alkyl halides is 3. The monoisotopic (exact) mass is 653 g/mol. The Balaban J connectivity index is 1.42. The van der Waals surface area contributed by atoms with Crippen molar-refractivity contribution in [1.82, 2.24) is 9.55 Å². The van der Waals surface area contributed by atoms with E-state index in [2.05, 4.69) is 10.3 Å². The van der Waals surface area contributed by atoms with Crippen molar-refractivity contribution < 1.29 is 35.6 Å². The highest BCUT2D eigenvalue weighted by Crippen LogP contribution is 2.35. The lowest BCUT2D eigenvalue weighted by Crippen LogP contribution is -2.26. The summed E-state index contributed by atoms with van der Waals surface area (Å²) in [5, 5.41) is 2.65. The molecule has 46 heavy (non-hydrogen) atoms. The van der Waals surface area contributed by atoms with Gasteiger partial charge in [-0.2, -0.15) is 13.2 Å². The Morgan fingerprint density at radius 2 is 1.61 bits per heavy atom. The smallest absolute Gasteiger partial charge is 0.311 e. The Morgan fingerprint density at radius 3 is 2.30 bits per heavy atom. The third-order valence-corrected chi connectivity index (χ3v) is 8.50. The fraction of sp³-hybridized carbons (Fsp3) is 0.156. The Kier molecular flexibility index (Phi) is 8.83. The van der Waals surface area contributed by atoms with Gasteiger partial charge in [-0.3, -0.25) is 19.6 Å². The number of sulfonamides is 1. The van der Waals surface area contributed by atoms with E-state index in [1.165, 1.54) is 4.90 Å². The second-order valence-corrected chi connectivity index (χ2v) is 11.9. The summed E-state index contributed by atoms with van der Waals surface area (Å²) in [4.78, 5) is 31.2. The summed E-state index contributed by atoms with van der Waals surface area (Å²) in [5.41, 5.74) is -0.134. The molecule has 0 aliphatic carbocycles. The molecule has 238 valence electrons. The lowest BCUT2D eigenvalue weighted by atomic mass is 10.2. The molecule has 5 rings (SSSR count). The number of hydrogen-bond acceptors (Lipinski definition) is 5. The molecule has 0 atom stereocenters. The fourth-order valence-electron chi connectivity index (χ4n) is 4.82. The van der Waals surface area contributed by atoms with Crippen molar-refractivity contribution in [3.8, 4) is 0 Å². The van der Waals surface area contributed by atoms with Gasteiger partial charge in [-0.05, 0) is 67.1 Å². The second-order valence-electron chi connectivity index (χ2n) is 10.2. The van der Waals surface area contributed by atoms with Crippen LogP contribution in [0.2, 0.25) is 0 Å². The third-order valence-electron chi connectivity index (χ3n) is 7.07. The molecular formula is C32H27F4N5O4S. The van der Waals surface area contributed by atoms with Crippen molar-refractivity contribution in [2.24, 2.45) is 0 Å². The molecule has 1 aromatic heterocycles. The van der Waals surface area contributed by atoms with Crippen LogP contribution in [0.15, 0.2) is 95.9 Å². The van der Waals surface area contributed by atoms with Crippen LogP contribution in [0.25, 0.3) is 11.0 Å². The Morgan fingerprint density at radius 1 is 0.913 bits per heavy atom. The van der Waals surface area contributed by atoms with Crippen molar-refractivity contribution in [1.29, 1.82) is 0 Å². The van der Waals surface area contributed by atoms with Crippen molar-refractivity contribution in [2.45, 2.75) is 31.0 Å². The normalized spacial score (nSPS) is 11.8. The molecule has 0 unspecified atom stereocenters. The van der Waals surface area contributed by atoms with Gasteiger partial charge in [0.05, 0.1) is 27.2 Å². The van der Waals surface area contributed by atoms with Crippen molar-refractivity contribution >= 4 is 50.2 Å². The number of hydrogen-bond donors (Lipinski definition) is 2. The predicted molar refractivity (Wildman–Crippen MR) is 166 cm³/mol. The fourth-order valence-corrected chi connectivity index (χ4v) is 6.10. The van der Waals surface area contributed by atoms with E-state index in [0.717, 1.165) is 36.4 Å². The maximum atomic E-state index is 14.7. The van der Waals surface area contributed by atoms with Gasteiger partial charge in [-0.1, -0.05) is 37.3 Å². The van der Waals surface area contributed by atoms with Gasteiger partial charge < -0.3 is 9.47 Å². The molecule has 4 aromatic carbocycles. The molecule has 0 bridgehead atoms. The number of rotatable bonds is 9. The topological polar surface area (TPSA) is 113 Å². The van der Waals surface area contributed by atoms with Crippen LogP contribution in [0, 0.1) is 5.82 Å². The molecule has 0 saturated carbocycles. The lowest BCUT2D eigenvalue weighted by Gasteiger charge is -2.17. The summed E-state index contributed by atoms with van der Waals surface area (Å²) in [5.74, 6) is -1.97. The van der Waals surface area contributed by atoms with Gasteiger partial charge >= 0.3 is 6.18 Å². The largest absolute Gasteiger partial charge is 0.417 e. The third kappa shape index (κ3) is 6.56. The average Bonchev–Trinajstić information content (AvgIpc) is 3.37. The first kappa shape index (κ1) is 32.2. The number of benzene rings is 4. The van der Waals surface area contributed by atoms with Crippen molar-refractivity contribution in [2.75, 3.05) is 22.0 Å². The molecule has 0 aliphatic rings. The molecular weight excluding hydrogens is 626 g/mol. The summed E-state index contributed by atoms with van der Waals surface area (Å²) < 4.78 is 84.4. The molecule has 0 aliphatic heterocycles. The minimum Gasteiger partial charge on any atom is -0.311 e. The van der Waals surface area contributed by atoms with E-state index in [1.54, 1.807) is 54.1 Å².